The van der Waals surface area contributed by atoms with Gasteiger partial charge in [0.2, 0.25) is 15.9 Å². The first-order valence-corrected chi connectivity index (χ1v) is 11.9. The van der Waals surface area contributed by atoms with Crippen LogP contribution in [0, 0.1) is 0 Å². The lowest BCUT2D eigenvalue weighted by molar-refractivity contribution is -0.137. The highest BCUT2D eigenvalue weighted by atomic mass is 32.2. The number of fused-ring (bicyclic) bond motifs is 1. The first-order valence-electron chi connectivity index (χ1n) is 10.00. The van der Waals surface area contributed by atoms with Crippen LogP contribution >= 0.6 is 0 Å². The van der Waals surface area contributed by atoms with Crippen LogP contribution in [-0.2, 0) is 21.4 Å². The molecule has 0 radical (unpaired) electrons. The number of carbonyl (C=O) groups is 1. The number of carboxylic acids is 1. The molecule has 1 aromatic carbocycles. The largest absolute Gasteiger partial charge is 0.481 e. The summed E-state index contributed by atoms with van der Waals surface area (Å²) in [5, 5.41) is 16.9. The second-order valence-corrected chi connectivity index (χ2v) is 9.12. The number of rotatable bonds is 9. The molecular formula is C21H21N7O5S. The molecule has 0 amide bonds. The number of hydrogen-bond donors (Lipinski definition) is 3. The van der Waals surface area contributed by atoms with E-state index in [1.54, 1.807) is 24.7 Å². The highest BCUT2D eigenvalue weighted by Crippen LogP contribution is 2.32. The SMILES string of the molecule is COc1ncc(-c2ccc3ncnc(Nc4cnn(CCC(=O)O)c4)c3c2)cc1NS(C)(=O)=O. The van der Waals surface area contributed by atoms with Gasteiger partial charge in [-0.1, -0.05) is 6.07 Å². The summed E-state index contributed by atoms with van der Waals surface area (Å²) >= 11 is 0. The highest BCUT2D eigenvalue weighted by molar-refractivity contribution is 7.92. The maximum absolute atomic E-state index is 11.7. The molecule has 176 valence electrons. The molecule has 13 heteroatoms. The monoisotopic (exact) mass is 483 g/mol. The van der Waals surface area contributed by atoms with Gasteiger partial charge < -0.3 is 15.2 Å². The number of pyridine rings is 1. The molecular weight excluding hydrogens is 462 g/mol. The minimum atomic E-state index is -3.53. The van der Waals surface area contributed by atoms with Crippen molar-refractivity contribution >= 4 is 44.1 Å². The van der Waals surface area contributed by atoms with Crippen LogP contribution in [0.2, 0.25) is 0 Å². The lowest BCUT2D eigenvalue weighted by Crippen LogP contribution is -2.11. The predicted octanol–water partition coefficient (Wildman–Crippen LogP) is 2.49. The molecule has 0 aliphatic rings. The Morgan fingerprint density at radius 1 is 1.15 bits per heavy atom. The fourth-order valence-corrected chi connectivity index (χ4v) is 3.82. The summed E-state index contributed by atoms with van der Waals surface area (Å²) in [6.07, 6.45) is 7.30. The van der Waals surface area contributed by atoms with Gasteiger partial charge in [0, 0.05) is 23.3 Å². The van der Waals surface area contributed by atoms with Crippen molar-refractivity contribution in [1.29, 1.82) is 0 Å². The molecule has 0 saturated heterocycles. The van der Waals surface area contributed by atoms with Gasteiger partial charge in [-0.15, -0.1) is 0 Å². The molecule has 0 bridgehead atoms. The average molecular weight is 484 g/mol. The van der Waals surface area contributed by atoms with Gasteiger partial charge in [0.05, 0.1) is 43.7 Å². The smallest absolute Gasteiger partial charge is 0.305 e. The van der Waals surface area contributed by atoms with Crippen molar-refractivity contribution < 1.29 is 23.1 Å². The molecule has 4 aromatic rings. The van der Waals surface area contributed by atoms with E-state index >= 15 is 0 Å². The molecule has 34 heavy (non-hydrogen) atoms. The van der Waals surface area contributed by atoms with E-state index in [-0.39, 0.29) is 24.5 Å². The summed E-state index contributed by atoms with van der Waals surface area (Å²) in [5.74, 6) is -0.219. The molecule has 3 N–H and O–H groups in total. The maximum atomic E-state index is 11.7. The van der Waals surface area contributed by atoms with Crippen molar-refractivity contribution in [3.8, 4) is 17.0 Å². The molecule has 4 rings (SSSR count). The molecule has 3 aromatic heterocycles. The zero-order valence-corrected chi connectivity index (χ0v) is 19.1. The van der Waals surface area contributed by atoms with E-state index in [1.807, 2.05) is 18.2 Å². The van der Waals surface area contributed by atoms with Gasteiger partial charge in [-0.25, -0.2) is 23.4 Å². The number of sulfonamides is 1. The van der Waals surface area contributed by atoms with E-state index in [0.717, 1.165) is 11.8 Å². The number of benzene rings is 1. The number of anilines is 3. The number of aryl methyl sites for hydroxylation is 1. The number of nitrogens with zero attached hydrogens (tertiary/aromatic N) is 5. The van der Waals surface area contributed by atoms with Crippen LogP contribution in [0.1, 0.15) is 6.42 Å². The first kappa shape index (κ1) is 22.9. The number of methoxy groups -OCH3 is 1. The minimum Gasteiger partial charge on any atom is -0.481 e. The van der Waals surface area contributed by atoms with Gasteiger partial charge in [-0.05, 0) is 23.8 Å². The van der Waals surface area contributed by atoms with Gasteiger partial charge in [0.15, 0.2) is 0 Å². The third-order valence-electron chi connectivity index (χ3n) is 4.76. The fourth-order valence-electron chi connectivity index (χ4n) is 3.28. The molecule has 0 spiro atoms. The van der Waals surface area contributed by atoms with E-state index in [4.69, 9.17) is 9.84 Å². The van der Waals surface area contributed by atoms with Crippen molar-refractivity contribution in [2.24, 2.45) is 0 Å². The summed E-state index contributed by atoms with van der Waals surface area (Å²) in [5.41, 5.74) is 2.97. The van der Waals surface area contributed by atoms with Gasteiger partial charge in [0.25, 0.3) is 0 Å². The average Bonchev–Trinajstić information content (AvgIpc) is 3.24. The minimum absolute atomic E-state index is 0.0347. The van der Waals surface area contributed by atoms with Crippen molar-refractivity contribution in [2.45, 2.75) is 13.0 Å². The third-order valence-corrected chi connectivity index (χ3v) is 5.35. The molecule has 0 aliphatic heterocycles. The van der Waals surface area contributed by atoms with Crippen LogP contribution < -0.4 is 14.8 Å². The zero-order chi connectivity index (χ0) is 24.3. The molecule has 0 aliphatic carbocycles. The van der Waals surface area contributed by atoms with E-state index in [0.29, 0.717) is 28.0 Å². The summed E-state index contributed by atoms with van der Waals surface area (Å²) in [4.78, 5) is 23.6. The second kappa shape index (κ2) is 9.31. The van der Waals surface area contributed by atoms with Crippen LogP contribution in [0.3, 0.4) is 0 Å². The van der Waals surface area contributed by atoms with Crippen molar-refractivity contribution in [2.75, 3.05) is 23.4 Å². The Hall–Kier alpha value is -4.26. The lowest BCUT2D eigenvalue weighted by atomic mass is 10.0. The van der Waals surface area contributed by atoms with Crippen molar-refractivity contribution in [3.05, 3.63) is 49.2 Å². The van der Waals surface area contributed by atoms with Crippen LogP contribution in [0.5, 0.6) is 5.88 Å². The molecule has 0 unspecified atom stereocenters. The second-order valence-electron chi connectivity index (χ2n) is 7.37. The molecule has 0 fully saturated rings. The van der Waals surface area contributed by atoms with Crippen LogP contribution in [0.25, 0.3) is 22.0 Å². The summed E-state index contributed by atoms with van der Waals surface area (Å²) in [6, 6.07) is 7.16. The zero-order valence-electron chi connectivity index (χ0n) is 18.3. The number of hydrogen-bond acceptors (Lipinski definition) is 9. The predicted molar refractivity (Wildman–Crippen MR) is 126 cm³/mol. The number of ether oxygens (including phenoxy) is 1. The fraction of sp³-hybridized carbons (Fsp3) is 0.190. The van der Waals surface area contributed by atoms with Crippen LogP contribution in [-0.4, -0.2) is 57.6 Å². The Morgan fingerprint density at radius 3 is 2.71 bits per heavy atom. The van der Waals surface area contributed by atoms with Gasteiger partial charge in [-0.2, -0.15) is 5.10 Å². The Kier molecular flexibility index (Phi) is 6.27. The van der Waals surface area contributed by atoms with Crippen LogP contribution in [0.4, 0.5) is 17.2 Å². The van der Waals surface area contributed by atoms with Gasteiger partial charge >= 0.3 is 5.97 Å². The normalized spacial score (nSPS) is 11.4. The standard InChI is InChI=1S/C21H21N7O5S/c1-33-21-18(27-34(2,31)32)8-14(9-22-21)13-3-4-17-16(7-13)20(24-12-23-17)26-15-10-25-28(11-15)6-5-19(29)30/h3-4,7-12,27H,5-6H2,1-2H3,(H,29,30)(H,23,24,26). The summed E-state index contributed by atoms with van der Waals surface area (Å²) in [6.45, 7) is 0.250. The Bertz CT molecular complexity index is 1470. The van der Waals surface area contributed by atoms with E-state index in [1.165, 1.54) is 18.1 Å². The molecule has 0 atom stereocenters. The van der Waals surface area contributed by atoms with Gasteiger partial charge in [-0.3, -0.25) is 14.2 Å². The summed E-state index contributed by atoms with van der Waals surface area (Å²) < 4.78 is 32.6. The molecule has 12 nitrogen and oxygen atoms in total. The van der Waals surface area contributed by atoms with E-state index < -0.39 is 16.0 Å². The Morgan fingerprint density at radius 2 is 1.97 bits per heavy atom. The molecule has 3 heterocycles. The maximum Gasteiger partial charge on any atom is 0.305 e. The quantitative estimate of drug-likeness (QED) is 0.322. The van der Waals surface area contributed by atoms with Crippen LogP contribution in [0.15, 0.2) is 49.2 Å². The van der Waals surface area contributed by atoms with Crippen molar-refractivity contribution in [3.63, 3.8) is 0 Å². The lowest BCUT2D eigenvalue weighted by Gasteiger charge is -2.12. The Labute approximate surface area is 194 Å². The summed E-state index contributed by atoms with van der Waals surface area (Å²) in [7, 11) is -2.12. The number of aliphatic carboxylic acids is 1. The van der Waals surface area contributed by atoms with Crippen molar-refractivity contribution in [1.82, 2.24) is 24.7 Å². The Balaban J connectivity index is 1.68. The third kappa shape index (κ3) is 5.38. The number of nitrogens with one attached hydrogen (secondary N) is 2. The molecule has 0 saturated carbocycles. The van der Waals surface area contributed by atoms with Gasteiger partial charge in [0.1, 0.15) is 17.8 Å². The van der Waals surface area contributed by atoms with E-state index in [9.17, 15) is 13.2 Å². The number of aromatic nitrogens is 5. The topological polar surface area (TPSA) is 161 Å². The first-order chi connectivity index (χ1) is 16.2. The highest BCUT2D eigenvalue weighted by Gasteiger charge is 2.13. The van der Waals surface area contributed by atoms with E-state index in [2.05, 4.69) is 30.1 Å². The number of carboxylic acid groups (broad SMARTS) is 1.